The molecular formula is C5H7NaO2. The number of rotatable bonds is 2. The van der Waals surface area contributed by atoms with Crippen LogP contribution in [-0.2, 0) is 4.79 Å². The predicted molar refractivity (Wildman–Crippen MR) is 24.4 cm³/mol. The first-order valence-electron chi connectivity index (χ1n) is 2.15. The second-order valence-corrected chi connectivity index (χ2v) is 1.13. The maximum Gasteiger partial charge on any atom is 1.00 e. The maximum atomic E-state index is 9.56. The average Bonchev–Trinajstić information content (AvgIpc) is 1.61. The Hall–Kier alpha value is 0.210. The van der Waals surface area contributed by atoms with Crippen molar-refractivity contribution in [2.75, 3.05) is 0 Å². The van der Waals surface area contributed by atoms with Crippen molar-refractivity contribution in [1.82, 2.24) is 0 Å². The fraction of sp³-hybridized carbons (Fsp3) is 0.400. The minimum absolute atomic E-state index is 0. The third-order valence-corrected chi connectivity index (χ3v) is 0.490. The largest absolute Gasteiger partial charge is 1.00 e. The van der Waals surface area contributed by atoms with Gasteiger partial charge in [0.2, 0.25) is 0 Å². The van der Waals surface area contributed by atoms with E-state index in [1.54, 1.807) is 0 Å². The Labute approximate surface area is 70.9 Å². The van der Waals surface area contributed by atoms with Gasteiger partial charge < -0.3 is 9.90 Å². The van der Waals surface area contributed by atoms with Crippen LogP contribution in [0.5, 0.6) is 0 Å². The van der Waals surface area contributed by atoms with Gasteiger partial charge in [0.1, 0.15) is 0 Å². The molecule has 0 N–H and O–H groups in total. The summed E-state index contributed by atoms with van der Waals surface area (Å²) in [5, 5.41) is 9.56. The quantitative estimate of drug-likeness (QED) is 0.284. The molecule has 2 nitrogen and oxygen atoms in total. The summed E-state index contributed by atoms with van der Waals surface area (Å²) in [7, 11) is 0. The molecule has 0 saturated carbocycles. The standard InChI is InChI=1S/C5H8O2.Na/c1-2-3-4-5(6)7;/h3-4H,2H2,1H3,(H,6,7);/q;+1/p-1. The zero-order chi connectivity index (χ0) is 5.70. The van der Waals surface area contributed by atoms with E-state index in [-0.39, 0.29) is 29.6 Å². The average molecular weight is 122 g/mol. The number of carbonyl (C=O) groups excluding carboxylic acids is 1. The van der Waals surface area contributed by atoms with Gasteiger partial charge in [0.05, 0.1) is 5.97 Å². The first kappa shape index (κ1) is 11.1. The van der Waals surface area contributed by atoms with Crippen LogP contribution in [0.15, 0.2) is 12.2 Å². The van der Waals surface area contributed by atoms with E-state index >= 15 is 0 Å². The van der Waals surface area contributed by atoms with Gasteiger partial charge in [0, 0.05) is 0 Å². The molecular weight excluding hydrogens is 115 g/mol. The van der Waals surface area contributed by atoms with Gasteiger partial charge in [-0.25, -0.2) is 0 Å². The van der Waals surface area contributed by atoms with E-state index in [9.17, 15) is 9.90 Å². The molecule has 0 unspecified atom stereocenters. The van der Waals surface area contributed by atoms with Crippen molar-refractivity contribution in [1.29, 1.82) is 0 Å². The van der Waals surface area contributed by atoms with Crippen molar-refractivity contribution in [2.24, 2.45) is 0 Å². The number of carboxylic acid groups (broad SMARTS) is 1. The van der Waals surface area contributed by atoms with Gasteiger partial charge in [-0.2, -0.15) is 0 Å². The second kappa shape index (κ2) is 7.21. The van der Waals surface area contributed by atoms with Crippen LogP contribution in [0, 0.1) is 0 Å². The molecule has 0 aliphatic heterocycles. The van der Waals surface area contributed by atoms with E-state index in [0.29, 0.717) is 0 Å². The van der Waals surface area contributed by atoms with Gasteiger partial charge in [0.15, 0.2) is 0 Å². The molecule has 0 aromatic carbocycles. The third-order valence-electron chi connectivity index (χ3n) is 0.490. The molecule has 0 atom stereocenters. The van der Waals surface area contributed by atoms with Crippen molar-refractivity contribution in [3.63, 3.8) is 0 Å². The summed E-state index contributed by atoms with van der Waals surface area (Å²) in [6.45, 7) is 1.86. The van der Waals surface area contributed by atoms with Crippen LogP contribution in [0.4, 0.5) is 0 Å². The molecule has 8 heavy (non-hydrogen) atoms. The molecule has 0 bridgehead atoms. The molecule has 0 aromatic heterocycles. The minimum atomic E-state index is -1.12. The Bertz CT molecular complexity index is 88.4. The summed E-state index contributed by atoms with van der Waals surface area (Å²) >= 11 is 0. The molecule has 3 heteroatoms. The molecule has 0 radical (unpaired) electrons. The molecule has 0 saturated heterocycles. The van der Waals surface area contributed by atoms with Gasteiger partial charge in [-0.3, -0.25) is 0 Å². The molecule has 0 spiro atoms. The van der Waals surface area contributed by atoms with E-state index in [1.165, 1.54) is 6.08 Å². The molecule has 0 aliphatic rings. The number of carbonyl (C=O) groups is 1. The molecule has 40 valence electrons. The molecule has 0 aliphatic carbocycles. The maximum absolute atomic E-state index is 9.56. The van der Waals surface area contributed by atoms with E-state index < -0.39 is 5.97 Å². The normalized spacial score (nSPS) is 8.62. The molecule has 0 amide bonds. The molecule has 0 aromatic rings. The number of carboxylic acids is 1. The van der Waals surface area contributed by atoms with Crippen molar-refractivity contribution in [3.8, 4) is 0 Å². The van der Waals surface area contributed by atoms with Gasteiger partial charge in [-0.1, -0.05) is 13.0 Å². The summed E-state index contributed by atoms with van der Waals surface area (Å²) in [5.74, 6) is -1.12. The Morgan fingerprint density at radius 1 is 1.75 bits per heavy atom. The van der Waals surface area contributed by atoms with Crippen molar-refractivity contribution in [3.05, 3.63) is 12.2 Å². The molecule has 0 heterocycles. The number of hydrogen-bond acceptors (Lipinski definition) is 2. The summed E-state index contributed by atoms with van der Waals surface area (Å²) in [6.07, 6.45) is 3.31. The van der Waals surface area contributed by atoms with Gasteiger partial charge in [-0.15, -0.1) is 0 Å². The van der Waals surface area contributed by atoms with Crippen LogP contribution in [0.25, 0.3) is 0 Å². The topological polar surface area (TPSA) is 40.1 Å². The van der Waals surface area contributed by atoms with Crippen molar-refractivity contribution >= 4 is 5.97 Å². The predicted octanol–water partition coefficient (Wildman–Crippen LogP) is -3.29. The SMILES string of the molecule is CCC=CC(=O)[O-].[Na+]. The van der Waals surface area contributed by atoms with E-state index in [4.69, 9.17) is 0 Å². The van der Waals surface area contributed by atoms with Crippen molar-refractivity contribution in [2.45, 2.75) is 13.3 Å². The Kier molecular flexibility index (Phi) is 9.97. The second-order valence-electron chi connectivity index (χ2n) is 1.13. The van der Waals surface area contributed by atoms with Crippen LogP contribution < -0.4 is 34.7 Å². The minimum Gasteiger partial charge on any atom is -0.545 e. The number of allylic oxidation sites excluding steroid dienone is 1. The van der Waals surface area contributed by atoms with E-state index in [2.05, 4.69) is 0 Å². The van der Waals surface area contributed by atoms with Gasteiger partial charge in [-0.05, 0) is 12.5 Å². The molecule has 0 fully saturated rings. The summed E-state index contributed by atoms with van der Waals surface area (Å²) in [4.78, 5) is 9.56. The third kappa shape index (κ3) is 9.51. The van der Waals surface area contributed by atoms with Gasteiger partial charge >= 0.3 is 29.6 Å². The first-order valence-corrected chi connectivity index (χ1v) is 2.15. The van der Waals surface area contributed by atoms with Crippen LogP contribution in [0.3, 0.4) is 0 Å². The smallest absolute Gasteiger partial charge is 0.545 e. The van der Waals surface area contributed by atoms with E-state index in [0.717, 1.165) is 12.5 Å². The summed E-state index contributed by atoms with van der Waals surface area (Å²) in [5.41, 5.74) is 0. The fourth-order valence-corrected chi connectivity index (χ4v) is 0.214. The summed E-state index contributed by atoms with van der Waals surface area (Å²) < 4.78 is 0. The Balaban J connectivity index is 0. The van der Waals surface area contributed by atoms with Crippen LogP contribution in [0.1, 0.15) is 13.3 Å². The molecule has 0 rings (SSSR count). The monoisotopic (exact) mass is 122 g/mol. The fourth-order valence-electron chi connectivity index (χ4n) is 0.214. The van der Waals surface area contributed by atoms with Gasteiger partial charge in [0.25, 0.3) is 0 Å². The van der Waals surface area contributed by atoms with Crippen LogP contribution in [-0.4, -0.2) is 5.97 Å². The Morgan fingerprint density at radius 2 is 2.25 bits per heavy atom. The van der Waals surface area contributed by atoms with Crippen LogP contribution >= 0.6 is 0 Å². The first-order chi connectivity index (χ1) is 3.27. The van der Waals surface area contributed by atoms with E-state index in [1.807, 2.05) is 6.92 Å². The zero-order valence-corrected chi connectivity index (χ0v) is 7.18. The van der Waals surface area contributed by atoms with Crippen LogP contribution in [0.2, 0.25) is 0 Å². The number of hydrogen-bond donors (Lipinski definition) is 0. The number of aliphatic carboxylic acids is 1. The van der Waals surface area contributed by atoms with Crippen molar-refractivity contribution < 1.29 is 39.5 Å². The zero-order valence-electron chi connectivity index (χ0n) is 5.18. The Morgan fingerprint density at radius 3 is 2.38 bits per heavy atom. The summed E-state index contributed by atoms with van der Waals surface area (Å²) in [6, 6.07) is 0.